The van der Waals surface area contributed by atoms with Gasteiger partial charge in [0, 0.05) is 24.7 Å². The number of rotatable bonds is 2. The first-order chi connectivity index (χ1) is 7.50. The smallest absolute Gasteiger partial charge is 0.371 e. The van der Waals surface area contributed by atoms with E-state index in [0.717, 1.165) is 30.9 Å². The van der Waals surface area contributed by atoms with Crippen LogP contribution >= 0.6 is 0 Å². The van der Waals surface area contributed by atoms with E-state index in [1.807, 2.05) is 4.90 Å². The molecule has 1 fully saturated rings. The van der Waals surface area contributed by atoms with Crippen molar-refractivity contribution >= 4 is 5.69 Å². The number of hydrogen-bond donors (Lipinski definition) is 1. The molecule has 5 heteroatoms. The average molecular weight is 230 g/mol. The van der Waals surface area contributed by atoms with Gasteiger partial charge in [-0.05, 0) is 30.8 Å². The highest BCUT2D eigenvalue weighted by Crippen LogP contribution is 2.31. The molecule has 0 spiro atoms. The van der Waals surface area contributed by atoms with E-state index in [1.165, 1.54) is 12.1 Å². The maximum Gasteiger partial charge on any atom is 0.416 e. The van der Waals surface area contributed by atoms with E-state index in [0.29, 0.717) is 12.5 Å². The fraction of sp³-hybridized carbons (Fsp3) is 0.455. The molecular formula is C11H13F3N2. The molecule has 2 N–H and O–H groups in total. The topological polar surface area (TPSA) is 29.3 Å². The molecule has 1 aliphatic heterocycles. The van der Waals surface area contributed by atoms with Crippen molar-refractivity contribution in [1.82, 2.24) is 0 Å². The summed E-state index contributed by atoms with van der Waals surface area (Å²) in [5, 5.41) is 0. The molecule has 1 heterocycles. The first kappa shape index (κ1) is 11.3. The maximum atomic E-state index is 12.3. The molecule has 2 nitrogen and oxygen atoms in total. The summed E-state index contributed by atoms with van der Waals surface area (Å²) in [6.45, 7) is 2.31. The van der Waals surface area contributed by atoms with Gasteiger partial charge in [-0.2, -0.15) is 13.2 Å². The van der Waals surface area contributed by atoms with Gasteiger partial charge >= 0.3 is 6.18 Å². The van der Waals surface area contributed by atoms with Crippen LogP contribution in [0.5, 0.6) is 0 Å². The quantitative estimate of drug-likeness (QED) is 0.843. The van der Waals surface area contributed by atoms with Crippen LogP contribution in [-0.4, -0.2) is 19.6 Å². The summed E-state index contributed by atoms with van der Waals surface area (Å²) in [6.07, 6.45) is -4.26. The molecule has 0 aromatic heterocycles. The normalized spacial score (nSPS) is 17.4. The Morgan fingerprint density at radius 3 is 2.19 bits per heavy atom. The Labute approximate surface area is 91.8 Å². The predicted octanol–water partition coefficient (Wildman–Crippen LogP) is 2.10. The second kappa shape index (κ2) is 3.97. The molecule has 0 radical (unpaired) electrons. The van der Waals surface area contributed by atoms with Gasteiger partial charge in [-0.15, -0.1) is 0 Å². The molecule has 0 atom stereocenters. The Balaban J connectivity index is 2.04. The first-order valence-corrected chi connectivity index (χ1v) is 5.13. The van der Waals surface area contributed by atoms with Crippen LogP contribution in [0.25, 0.3) is 0 Å². The van der Waals surface area contributed by atoms with Crippen molar-refractivity contribution < 1.29 is 13.2 Å². The summed E-state index contributed by atoms with van der Waals surface area (Å²) in [4.78, 5) is 2.03. The highest BCUT2D eigenvalue weighted by Gasteiger charge is 2.31. The Hall–Kier alpha value is -1.23. The molecule has 1 aromatic carbocycles. The van der Waals surface area contributed by atoms with Crippen LogP contribution in [0, 0.1) is 5.92 Å². The molecule has 0 aliphatic carbocycles. The number of nitrogens with two attached hydrogens (primary N) is 1. The van der Waals surface area contributed by atoms with Crippen molar-refractivity contribution in [1.29, 1.82) is 0 Å². The zero-order valence-electron chi connectivity index (χ0n) is 8.67. The molecule has 1 aliphatic rings. The van der Waals surface area contributed by atoms with Crippen molar-refractivity contribution in [2.24, 2.45) is 11.7 Å². The number of benzene rings is 1. The van der Waals surface area contributed by atoms with Gasteiger partial charge in [0.2, 0.25) is 0 Å². The largest absolute Gasteiger partial charge is 0.416 e. The Morgan fingerprint density at radius 2 is 1.75 bits per heavy atom. The summed E-state index contributed by atoms with van der Waals surface area (Å²) < 4.78 is 36.9. The SMILES string of the molecule is NCC1CN(c2ccc(C(F)(F)F)cc2)C1. The van der Waals surface area contributed by atoms with E-state index in [1.54, 1.807) is 0 Å². The van der Waals surface area contributed by atoms with Crippen LogP contribution < -0.4 is 10.6 Å². The third-order valence-electron chi connectivity index (χ3n) is 2.85. The molecule has 0 unspecified atom stereocenters. The minimum absolute atomic E-state index is 0.474. The Morgan fingerprint density at radius 1 is 1.19 bits per heavy atom. The summed E-state index contributed by atoms with van der Waals surface area (Å²) in [7, 11) is 0. The number of anilines is 1. The van der Waals surface area contributed by atoms with Crippen LogP contribution in [0.4, 0.5) is 18.9 Å². The second-order valence-corrected chi connectivity index (χ2v) is 4.05. The summed E-state index contributed by atoms with van der Waals surface area (Å²) >= 11 is 0. The van der Waals surface area contributed by atoms with E-state index >= 15 is 0 Å². The van der Waals surface area contributed by atoms with Crippen LogP contribution in [0.3, 0.4) is 0 Å². The lowest BCUT2D eigenvalue weighted by molar-refractivity contribution is -0.137. The van der Waals surface area contributed by atoms with E-state index in [-0.39, 0.29) is 0 Å². The molecule has 16 heavy (non-hydrogen) atoms. The number of alkyl halides is 3. The molecule has 0 amide bonds. The van der Waals surface area contributed by atoms with Crippen molar-refractivity contribution in [3.05, 3.63) is 29.8 Å². The fourth-order valence-corrected chi connectivity index (χ4v) is 1.79. The highest BCUT2D eigenvalue weighted by atomic mass is 19.4. The zero-order chi connectivity index (χ0) is 11.8. The minimum atomic E-state index is -4.26. The van der Waals surface area contributed by atoms with Crippen LogP contribution in [-0.2, 0) is 6.18 Å². The fourth-order valence-electron chi connectivity index (χ4n) is 1.79. The van der Waals surface area contributed by atoms with Crippen molar-refractivity contribution in [3.8, 4) is 0 Å². The van der Waals surface area contributed by atoms with Crippen LogP contribution in [0.15, 0.2) is 24.3 Å². The first-order valence-electron chi connectivity index (χ1n) is 5.13. The maximum absolute atomic E-state index is 12.3. The number of halogens is 3. The highest BCUT2D eigenvalue weighted by molar-refractivity contribution is 5.50. The van der Waals surface area contributed by atoms with Gasteiger partial charge in [0.1, 0.15) is 0 Å². The molecule has 88 valence electrons. The van der Waals surface area contributed by atoms with Crippen molar-refractivity contribution in [2.75, 3.05) is 24.5 Å². The van der Waals surface area contributed by atoms with E-state index in [4.69, 9.17) is 5.73 Å². The monoisotopic (exact) mass is 230 g/mol. The standard InChI is InChI=1S/C11H13F3N2/c12-11(13,14)9-1-3-10(4-2-9)16-6-8(5-15)7-16/h1-4,8H,5-7,15H2. The summed E-state index contributed by atoms with van der Waals surface area (Å²) in [5.74, 6) is 0.474. The molecule has 1 aromatic rings. The number of hydrogen-bond acceptors (Lipinski definition) is 2. The molecule has 2 rings (SSSR count). The van der Waals surface area contributed by atoms with Gasteiger partial charge in [0.25, 0.3) is 0 Å². The lowest BCUT2D eigenvalue weighted by atomic mass is 9.99. The van der Waals surface area contributed by atoms with Gasteiger partial charge in [-0.25, -0.2) is 0 Å². The van der Waals surface area contributed by atoms with Gasteiger partial charge < -0.3 is 10.6 Å². The third kappa shape index (κ3) is 2.14. The van der Waals surface area contributed by atoms with Crippen molar-refractivity contribution in [3.63, 3.8) is 0 Å². The van der Waals surface area contributed by atoms with Crippen LogP contribution in [0.1, 0.15) is 5.56 Å². The minimum Gasteiger partial charge on any atom is -0.371 e. The molecule has 0 saturated carbocycles. The lowest BCUT2D eigenvalue weighted by Crippen LogP contribution is -2.49. The van der Waals surface area contributed by atoms with E-state index < -0.39 is 11.7 Å². The summed E-state index contributed by atoms with van der Waals surface area (Å²) in [6, 6.07) is 5.25. The van der Waals surface area contributed by atoms with Gasteiger partial charge in [0.15, 0.2) is 0 Å². The van der Waals surface area contributed by atoms with Gasteiger partial charge in [-0.1, -0.05) is 0 Å². The van der Waals surface area contributed by atoms with Gasteiger partial charge in [-0.3, -0.25) is 0 Å². The van der Waals surface area contributed by atoms with E-state index in [2.05, 4.69) is 0 Å². The molecular weight excluding hydrogens is 217 g/mol. The second-order valence-electron chi connectivity index (χ2n) is 4.05. The summed E-state index contributed by atoms with van der Waals surface area (Å²) in [5.41, 5.74) is 5.71. The predicted molar refractivity (Wildman–Crippen MR) is 56.2 cm³/mol. The van der Waals surface area contributed by atoms with Gasteiger partial charge in [0.05, 0.1) is 5.56 Å². The zero-order valence-corrected chi connectivity index (χ0v) is 8.67. The van der Waals surface area contributed by atoms with Crippen LogP contribution in [0.2, 0.25) is 0 Å². The van der Waals surface area contributed by atoms with Crippen molar-refractivity contribution in [2.45, 2.75) is 6.18 Å². The Kier molecular flexibility index (Phi) is 2.80. The molecule has 1 saturated heterocycles. The molecule has 0 bridgehead atoms. The third-order valence-corrected chi connectivity index (χ3v) is 2.85. The Bertz CT molecular complexity index is 352. The lowest BCUT2D eigenvalue weighted by Gasteiger charge is -2.40. The average Bonchev–Trinajstić information content (AvgIpc) is 2.15. The van der Waals surface area contributed by atoms with E-state index in [9.17, 15) is 13.2 Å². The number of nitrogens with zero attached hydrogens (tertiary/aromatic N) is 1.